The number of hydrogen-bond acceptors (Lipinski definition) is 2. The first-order valence-corrected chi connectivity index (χ1v) is 6.67. The highest BCUT2D eigenvalue weighted by Gasteiger charge is 2.16. The number of nitrogens with zero attached hydrogens (tertiary/aromatic N) is 2. The zero-order valence-corrected chi connectivity index (χ0v) is 11.6. The standard InChI is InChI=1S/C12H25N3S/c1-14(2)9-6-10-15(3)12(16)13-11-7-4-5-8-11/h11H,4-10H2,1-3H3,(H,13,16). The summed E-state index contributed by atoms with van der Waals surface area (Å²) in [6.45, 7) is 2.16. The molecule has 4 heteroatoms. The van der Waals surface area contributed by atoms with Gasteiger partial charge in [0.05, 0.1) is 0 Å². The predicted molar refractivity (Wildman–Crippen MR) is 73.8 cm³/mol. The van der Waals surface area contributed by atoms with Crippen LogP contribution in [0.5, 0.6) is 0 Å². The van der Waals surface area contributed by atoms with E-state index in [1.165, 1.54) is 25.7 Å². The molecular weight excluding hydrogens is 218 g/mol. The van der Waals surface area contributed by atoms with Crippen molar-refractivity contribution in [1.29, 1.82) is 0 Å². The zero-order chi connectivity index (χ0) is 12.0. The Morgan fingerprint density at radius 3 is 2.38 bits per heavy atom. The van der Waals surface area contributed by atoms with Crippen LogP contribution in [0, 0.1) is 0 Å². The molecule has 1 rings (SSSR count). The van der Waals surface area contributed by atoms with Crippen molar-refractivity contribution in [2.45, 2.75) is 38.1 Å². The maximum absolute atomic E-state index is 5.39. The van der Waals surface area contributed by atoms with Crippen molar-refractivity contribution in [3.8, 4) is 0 Å². The molecule has 0 saturated heterocycles. The topological polar surface area (TPSA) is 18.5 Å². The van der Waals surface area contributed by atoms with Gasteiger partial charge >= 0.3 is 0 Å². The first-order valence-electron chi connectivity index (χ1n) is 6.26. The molecule has 1 aliphatic carbocycles. The highest BCUT2D eigenvalue weighted by Crippen LogP contribution is 2.17. The van der Waals surface area contributed by atoms with Gasteiger partial charge in [0.2, 0.25) is 0 Å². The Morgan fingerprint density at radius 1 is 1.19 bits per heavy atom. The predicted octanol–water partition coefficient (Wildman–Crippen LogP) is 1.69. The van der Waals surface area contributed by atoms with E-state index in [0.29, 0.717) is 6.04 Å². The lowest BCUT2D eigenvalue weighted by Crippen LogP contribution is -2.42. The van der Waals surface area contributed by atoms with E-state index in [1.807, 2.05) is 0 Å². The maximum Gasteiger partial charge on any atom is 0.168 e. The van der Waals surface area contributed by atoms with Gasteiger partial charge in [-0.05, 0) is 52.1 Å². The molecule has 0 spiro atoms. The summed E-state index contributed by atoms with van der Waals surface area (Å²) in [5.41, 5.74) is 0. The van der Waals surface area contributed by atoms with Gasteiger partial charge in [-0.3, -0.25) is 0 Å². The monoisotopic (exact) mass is 243 g/mol. The molecule has 1 N–H and O–H groups in total. The highest BCUT2D eigenvalue weighted by atomic mass is 32.1. The molecule has 3 nitrogen and oxygen atoms in total. The van der Waals surface area contributed by atoms with E-state index in [-0.39, 0.29) is 0 Å². The van der Waals surface area contributed by atoms with Gasteiger partial charge in [0.25, 0.3) is 0 Å². The van der Waals surface area contributed by atoms with Crippen molar-refractivity contribution in [1.82, 2.24) is 15.1 Å². The summed E-state index contributed by atoms with van der Waals surface area (Å²) in [7, 11) is 6.30. The van der Waals surface area contributed by atoms with Crippen LogP contribution >= 0.6 is 12.2 Å². The normalized spacial score (nSPS) is 16.8. The van der Waals surface area contributed by atoms with Crippen LogP contribution in [0.1, 0.15) is 32.1 Å². The van der Waals surface area contributed by atoms with Crippen molar-refractivity contribution < 1.29 is 0 Å². The Morgan fingerprint density at radius 2 is 1.81 bits per heavy atom. The van der Waals surface area contributed by atoms with E-state index >= 15 is 0 Å². The van der Waals surface area contributed by atoms with E-state index in [2.05, 4.69) is 36.3 Å². The van der Waals surface area contributed by atoms with E-state index in [0.717, 1.165) is 24.6 Å². The number of rotatable bonds is 5. The summed E-state index contributed by atoms with van der Waals surface area (Å²) in [4.78, 5) is 4.37. The van der Waals surface area contributed by atoms with Crippen molar-refractivity contribution in [3.05, 3.63) is 0 Å². The summed E-state index contributed by atoms with van der Waals surface area (Å²) in [6, 6.07) is 0.629. The van der Waals surface area contributed by atoms with Gasteiger partial charge in [-0.15, -0.1) is 0 Å². The van der Waals surface area contributed by atoms with Crippen molar-refractivity contribution in [2.75, 3.05) is 34.2 Å². The van der Waals surface area contributed by atoms with Crippen LogP contribution in [0.3, 0.4) is 0 Å². The van der Waals surface area contributed by atoms with Crippen LogP contribution in [0.2, 0.25) is 0 Å². The molecule has 1 aliphatic rings. The molecule has 0 aliphatic heterocycles. The Hall–Kier alpha value is -0.350. The summed E-state index contributed by atoms with van der Waals surface area (Å²) in [5, 5.41) is 4.38. The third-order valence-corrected chi connectivity index (χ3v) is 3.56. The Balaban J connectivity index is 2.14. The number of hydrogen-bond donors (Lipinski definition) is 1. The van der Waals surface area contributed by atoms with Crippen LogP contribution in [0.4, 0.5) is 0 Å². The fourth-order valence-corrected chi connectivity index (χ4v) is 2.34. The fraction of sp³-hybridized carbons (Fsp3) is 0.917. The number of nitrogens with one attached hydrogen (secondary N) is 1. The summed E-state index contributed by atoms with van der Waals surface area (Å²) in [5.74, 6) is 0. The molecule has 0 aromatic rings. The number of thiocarbonyl (C=S) groups is 1. The van der Waals surface area contributed by atoms with Crippen molar-refractivity contribution in [2.24, 2.45) is 0 Å². The average Bonchev–Trinajstić information content (AvgIpc) is 2.69. The lowest BCUT2D eigenvalue weighted by molar-refractivity contribution is 0.366. The SMILES string of the molecule is CN(C)CCCN(C)C(=S)NC1CCCC1. The average molecular weight is 243 g/mol. The molecule has 0 aromatic carbocycles. The lowest BCUT2D eigenvalue weighted by atomic mass is 10.2. The third-order valence-electron chi connectivity index (χ3n) is 3.13. The minimum atomic E-state index is 0.629. The largest absolute Gasteiger partial charge is 0.360 e. The van der Waals surface area contributed by atoms with Gasteiger partial charge in [0.15, 0.2) is 5.11 Å². The molecule has 0 bridgehead atoms. The van der Waals surface area contributed by atoms with E-state index < -0.39 is 0 Å². The smallest absolute Gasteiger partial charge is 0.168 e. The summed E-state index contributed by atoms with van der Waals surface area (Å²) >= 11 is 5.39. The first-order chi connectivity index (χ1) is 7.59. The maximum atomic E-state index is 5.39. The molecule has 1 fully saturated rings. The van der Waals surface area contributed by atoms with Crippen LogP contribution in [-0.4, -0.2) is 55.2 Å². The third kappa shape index (κ3) is 5.12. The van der Waals surface area contributed by atoms with Gasteiger partial charge in [-0.25, -0.2) is 0 Å². The van der Waals surface area contributed by atoms with Gasteiger partial charge in [0.1, 0.15) is 0 Å². The Labute approximate surface area is 105 Å². The van der Waals surface area contributed by atoms with Crippen molar-refractivity contribution in [3.63, 3.8) is 0 Å². The van der Waals surface area contributed by atoms with Gasteiger partial charge < -0.3 is 15.1 Å². The molecule has 0 radical (unpaired) electrons. The van der Waals surface area contributed by atoms with E-state index in [1.54, 1.807) is 0 Å². The van der Waals surface area contributed by atoms with Crippen LogP contribution in [-0.2, 0) is 0 Å². The second kappa shape index (κ2) is 7.07. The summed E-state index contributed by atoms with van der Waals surface area (Å²) < 4.78 is 0. The van der Waals surface area contributed by atoms with Crippen LogP contribution < -0.4 is 5.32 Å². The second-order valence-corrected chi connectivity index (χ2v) is 5.40. The molecule has 0 heterocycles. The molecule has 0 amide bonds. The molecule has 0 unspecified atom stereocenters. The molecule has 16 heavy (non-hydrogen) atoms. The highest BCUT2D eigenvalue weighted by molar-refractivity contribution is 7.80. The molecule has 1 saturated carbocycles. The molecule has 94 valence electrons. The fourth-order valence-electron chi connectivity index (χ4n) is 2.08. The Bertz CT molecular complexity index is 212. The van der Waals surface area contributed by atoms with E-state index in [9.17, 15) is 0 Å². The minimum Gasteiger partial charge on any atom is -0.360 e. The molecule has 0 aromatic heterocycles. The minimum absolute atomic E-state index is 0.629. The lowest BCUT2D eigenvalue weighted by Gasteiger charge is -2.24. The Kier molecular flexibility index (Phi) is 6.06. The second-order valence-electron chi connectivity index (χ2n) is 5.01. The van der Waals surface area contributed by atoms with Gasteiger partial charge in [-0.2, -0.15) is 0 Å². The quantitative estimate of drug-likeness (QED) is 0.740. The van der Waals surface area contributed by atoms with Gasteiger partial charge in [0, 0.05) is 19.6 Å². The summed E-state index contributed by atoms with van der Waals surface area (Å²) in [6.07, 6.45) is 6.43. The van der Waals surface area contributed by atoms with E-state index in [4.69, 9.17) is 12.2 Å². The van der Waals surface area contributed by atoms with Gasteiger partial charge in [-0.1, -0.05) is 12.8 Å². The van der Waals surface area contributed by atoms with Crippen LogP contribution in [0.15, 0.2) is 0 Å². The molecule has 0 atom stereocenters. The molecular formula is C12H25N3S. The first kappa shape index (κ1) is 13.7. The zero-order valence-electron chi connectivity index (χ0n) is 10.8. The van der Waals surface area contributed by atoms with Crippen molar-refractivity contribution >= 4 is 17.3 Å². The van der Waals surface area contributed by atoms with Crippen LogP contribution in [0.25, 0.3) is 0 Å².